The number of nitrogens with two attached hydrogens (primary N) is 1. The topological polar surface area (TPSA) is 55.1 Å². The molecule has 2 aromatic rings. The Labute approximate surface area is 115 Å². The van der Waals surface area contributed by atoms with Crippen LogP contribution < -0.4 is 11.1 Å². The molecule has 0 saturated heterocycles. The van der Waals surface area contributed by atoms with Crippen molar-refractivity contribution in [2.24, 2.45) is 0 Å². The summed E-state index contributed by atoms with van der Waals surface area (Å²) in [6.45, 7) is 2.88. The first kappa shape index (κ1) is 14.0. The molecule has 0 saturated carbocycles. The molecule has 5 heteroatoms. The van der Waals surface area contributed by atoms with Crippen LogP contribution in [0.2, 0.25) is 0 Å². The maximum absolute atomic E-state index is 13.7. The summed E-state index contributed by atoms with van der Waals surface area (Å²) < 4.78 is 27.2. The third-order valence-corrected chi connectivity index (χ3v) is 2.96. The van der Waals surface area contributed by atoms with Gasteiger partial charge in [0.05, 0.1) is 5.69 Å². The number of Topliss-reactive ketones (excluding diaryl/α,β-unsaturated/α-hetero) is 1. The van der Waals surface area contributed by atoms with E-state index in [1.54, 1.807) is 12.1 Å². The Bertz CT molecular complexity index is 684. The predicted molar refractivity (Wildman–Crippen MR) is 75.2 cm³/mol. The van der Waals surface area contributed by atoms with Crippen molar-refractivity contribution in [3.05, 3.63) is 53.1 Å². The Balaban J connectivity index is 2.38. The number of hydrogen-bond acceptors (Lipinski definition) is 3. The summed E-state index contributed by atoms with van der Waals surface area (Å²) in [7, 11) is 0. The number of carbonyl (C=O) groups excluding carboxylic acids is 1. The first-order valence-corrected chi connectivity index (χ1v) is 6.01. The molecule has 0 unspecified atom stereocenters. The minimum absolute atomic E-state index is 0.00683. The molecule has 0 aromatic heterocycles. The van der Waals surface area contributed by atoms with Crippen molar-refractivity contribution >= 4 is 22.8 Å². The van der Waals surface area contributed by atoms with Crippen LogP contribution in [0.4, 0.5) is 25.8 Å². The molecule has 0 aliphatic rings. The summed E-state index contributed by atoms with van der Waals surface area (Å²) in [5, 5.41) is 2.74. The van der Waals surface area contributed by atoms with Crippen molar-refractivity contribution in [1.82, 2.24) is 0 Å². The molecule has 0 aliphatic heterocycles. The average molecular weight is 276 g/mol. The summed E-state index contributed by atoms with van der Waals surface area (Å²) in [5.74, 6) is -1.26. The predicted octanol–water partition coefficient (Wildman–Crippen LogP) is 3.80. The minimum atomic E-state index is -0.565. The lowest BCUT2D eigenvalue weighted by Crippen LogP contribution is -2.02. The largest absolute Gasteiger partial charge is 0.398 e. The van der Waals surface area contributed by atoms with Gasteiger partial charge in [-0.2, -0.15) is 0 Å². The van der Waals surface area contributed by atoms with E-state index in [1.165, 1.54) is 19.9 Å². The highest BCUT2D eigenvalue weighted by atomic mass is 19.1. The van der Waals surface area contributed by atoms with Crippen LogP contribution in [-0.2, 0) is 0 Å². The van der Waals surface area contributed by atoms with Crippen molar-refractivity contribution < 1.29 is 13.6 Å². The quantitative estimate of drug-likeness (QED) is 0.662. The number of carbonyl (C=O) groups is 1. The van der Waals surface area contributed by atoms with Gasteiger partial charge in [-0.05, 0) is 43.7 Å². The van der Waals surface area contributed by atoms with Crippen molar-refractivity contribution in [2.75, 3.05) is 11.1 Å². The third-order valence-electron chi connectivity index (χ3n) is 2.96. The van der Waals surface area contributed by atoms with Gasteiger partial charge >= 0.3 is 0 Å². The summed E-state index contributed by atoms with van der Waals surface area (Å²) in [6.07, 6.45) is 0. The van der Waals surface area contributed by atoms with E-state index < -0.39 is 11.6 Å². The van der Waals surface area contributed by atoms with Crippen molar-refractivity contribution in [3.63, 3.8) is 0 Å². The zero-order valence-corrected chi connectivity index (χ0v) is 11.1. The van der Waals surface area contributed by atoms with Crippen LogP contribution in [0.1, 0.15) is 22.8 Å². The number of halogens is 2. The first-order chi connectivity index (χ1) is 9.38. The maximum Gasteiger partial charge on any atom is 0.161 e. The molecule has 2 aromatic carbocycles. The Hall–Kier alpha value is -2.43. The molecule has 2 rings (SSSR count). The molecule has 0 atom stereocenters. The number of nitrogen functional groups attached to an aromatic ring is 1. The van der Waals surface area contributed by atoms with Gasteiger partial charge in [0.1, 0.15) is 11.6 Å². The lowest BCUT2D eigenvalue weighted by molar-refractivity contribution is 0.101. The van der Waals surface area contributed by atoms with E-state index in [0.29, 0.717) is 16.9 Å². The van der Waals surface area contributed by atoms with Crippen LogP contribution in [0.5, 0.6) is 0 Å². The number of anilines is 3. The van der Waals surface area contributed by atoms with E-state index in [2.05, 4.69) is 5.32 Å². The van der Waals surface area contributed by atoms with E-state index in [-0.39, 0.29) is 17.0 Å². The zero-order chi connectivity index (χ0) is 14.9. The molecule has 0 heterocycles. The second-order valence-corrected chi connectivity index (χ2v) is 4.56. The monoisotopic (exact) mass is 276 g/mol. The highest BCUT2D eigenvalue weighted by Crippen LogP contribution is 2.25. The standard InChI is InChI=1S/C15H14F2N2O/c1-8-5-13(17)15(7-12(8)16)19-10-3-4-14(18)11(6-10)9(2)20/h3-7,19H,18H2,1-2H3. The maximum atomic E-state index is 13.7. The van der Waals surface area contributed by atoms with Crippen LogP contribution >= 0.6 is 0 Å². The summed E-state index contributed by atoms with van der Waals surface area (Å²) in [6, 6.07) is 6.84. The van der Waals surface area contributed by atoms with Crippen molar-refractivity contribution in [3.8, 4) is 0 Å². The van der Waals surface area contributed by atoms with Crippen LogP contribution in [-0.4, -0.2) is 5.78 Å². The van der Waals surface area contributed by atoms with Gasteiger partial charge in [0, 0.05) is 23.0 Å². The molecule has 0 radical (unpaired) electrons. The molecule has 104 valence electrons. The fourth-order valence-corrected chi connectivity index (χ4v) is 1.84. The molecule has 0 spiro atoms. The molecule has 0 amide bonds. The van der Waals surface area contributed by atoms with Gasteiger partial charge < -0.3 is 11.1 Å². The first-order valence-electron chi connectivity index (χ1n) is 6.01. The average Bonchev–Trinajstić information content (AvgIpc) is 2.37. The molecule has 0 bridgehead atoms. The van der Waals surface area contributed by atoms with Crippen LogP contribution in [0, 0.1) is 18.6 Å². The smallest absolute Gasteiger partial charge is 0.161 e. The zero-order valence-electron chi connectivity index (χ0n) is 11.1. The van der Waals surface area contributed by atoms with Crippen molar-refractivity contribution in [1.29, 1.82) is 0 Å². The second-order valence-electron chi connectivity index (χ2n) is 4.56. The SMILES string of the molecule is CC(=O)c1cc(Nc2cc(F)c(C)cc2F)ccc1N. The number of hydrogen-bond donors (Lipinski definition) is 2. The van der Waals surface area contributed by atoms with Crippen LogP contribution in [0.15, 0.2) is 30.3 Å². The molecule has 0 fully saturated rings. The van der Waals surface area contributed by atoms with E-state index in [0.717, 1.165) is 12.1 Å². The molecule has 3 N–H and O–H groups in total. The van der Waals surface area contributed by atoms with Gasteiger partial charge in [0.2, 0.25) is 0 Å². The molecule has 0 aliphatic carbocycles. The van der Waals surface area contributed by atoms with Crippen molar-refractivity contribution in [2.45, 2.75) is 13.8 Å². The lowest BCUT2D eigenvalue weighted by atomic mass is 10.1. The Morgan fingerprint density at radius 2 is 1.85 bits per heavy atom. The lowest BCUT2D eigenvalue weighted by Gasteiger charge is -2.11. The van der Waals surface area contributed by atoms with Gasteiger partial charge in [-0.15, -0.1) is 0 Å². The Kier molecular flexibility index (Phi) is 3.70. The Morgan fingerprint density at radius 3 is 2.50 bits per heavy atom. The third kappa shape index (κ3) is 2.77. The van der Waals surface area contributed by atoms with E-state index in [4.69, 9.17) is 5.73 Å². The van der Waals surface area contributed by atoms with Gasteiger partial charge in [-0.25, -0.2) is 8.78 Å². The fourth-order valence-electron chi connectivity index (χ4n) is 1.84. The summed E-state index contributed by atoms with van der Waals surface area (Å²) in [4.78, 5) is 11.4. The highest BCUT2D eigenvalue weighted by molar-refractivity contribution is 6.00. The second kappa shape index (κ2) is 5.28. The molecule has 20 heavy (non-hydrogen) atoms. The summed E-state index contributed by atoms with van der Waals surface area (Å²) in [5.41, 5.74) is 7.06. The number of aryl methyl sites for hydroxylation is 1. The van der Waals surface area contributed by atoms with Crippen LogP contribution in [0.3, 0.4) is 0 Å². The fraction of sp³-hybridized carbons (Fsp3) is 0.133. The number of rotatable bonds is 3. The summed E-state index contributed by atoms with van der Waals surface area (Å²) >= 11 is 0. The van der Waals surface area contributed by atoms with E-state index >= 15 is 0 Å². The normalized spacial score (nSPS) is 10.4. The molecular formula is C15H14F2N2O. The number of benzene rings is 2. The van der Waals surface area contributed by atoms with Gasteiger partial charge in [0.25, 0.3) is 0 Å². The van der Waals surface area contributed by atoms with Gasteiger partial charge in [0.15, 0.2) is 5.78 Å². The van der Waals surface area contributed by atoms with E-state index in [9.17, 15) is 13.6 Å². The van der Waals surface area contributed by atoms with Crippen LogP contribution in [0.25, 0.3) is 0 Å². The van der Waals surface area contributed by atoms with Gasteiger partial charge in [-0.3, -0.25) is 4.79 Å². The molecule has 3 nitrogen and oxygen atoms in total. The number of ketones is 1. The highest BCUT2D eigenvalue weighted by Gasteiger charge is 2.10. The number of nitrogens with one attached hydrogen (secondary N) is 1. The minimum Gasteiger partial charge on any atom is -0.398 e. The van der Waals surface area contributed by atoms with Gasteiger partial charge in [-0.1, -0.05) is 0 Å². The van der Waals surface area contributed by atoms with E-state index in [1.807, 2.05) is 0 Å². The Morgan fingerprint density at radius 1 is 1.15 bits per heavy atom. The molecular weight excluding hydrogens is 262 g/mol.